The van der Waals surface area contributed by atoms with E-state index in [1.165, 1.54) is 0 Å². The van der Waals surface area contributed by atoms with Gasteiger partial charge in [-0.15, -0.1) is 0 Å². The Balaban J connectivity index is 2.47. The minimum Gasteiger partial charge on any atom is -0.384 e. The lowest BCUT2D eigenvalue weighted by Gasteiger charge is -2.23. The van der Waals surface area contributed by atoms with E-state index in [4.69, 9.17) is 11.1 Å². The van der Waals surface area contributed by atoms with Crippen molar-refractivity contribution in [3.63, 3.8) is 0 Å². The summed E-state index contributed by atoms with van der Waals surface area (Å²) in [6.07, 6.45) is 1.14. The molecule has 0 aliphatic rings. The number of hydrogen-bond acceptors (Lipinski definition) is 3. The molecular formula is C16H22N4. The summed E-state index contributed by atoms with van der Waals surface area (Å²) < 4.78 is 0. The molecule has 0 bridgehead atoms. The number of hydrogen-bond donors (Lipinski definition) is 2. The Labute approximate surface area is 120 Å². The molecule has 0 fully saturated rings. The number of anilines is 1. The van der Waals surface area contributed by atoms with Crippen LogP contribution in [-0.4, -0.2) is 24.4 Å². The lowest BCUT2D eigenvalue weighted by atomic mass is 10.1. The predicted octanol–water partition coefficient (Wildman–Crippen LogP) is 3.00. The molecule has 1 aromatic heterocycles. The molecule has 20 heavy (non-hydrogen) atoms. The highest BCUT2D eigenvalue weighted by molar-refractivity contribution is 6.07. The number of nitrogens with two attached hydrogens (primary N) is 1. The van der Waals surface area contributed by atoms with Crippen molar-refractivity contribution in [1.29, 1.82) is 5.41 Å². The van der Waals surface area contributed by atoms with E-state index in [-0.39, 0.29) is 5.84 Å². The van der Waals surface area contributed by atoms with Crippen LogP contribution in [-0.2, 0) is 0 Å². The third-order valence-corrected chi connectivity index (χ3v) is 3.67. The van der Waals surface area contributed by atoms with Gasteiger partial charge in [0.05, 0.1) is 5.52 Å². The summed E-state index contributed by atoms with van der Waals surface area (Å²) >= 11 is 0. The van der Waals surface area contributed by atoms with E-state index in [9.17, 15) is 0 Å². The molecule has 1 aromatic carbocycles. The molecule has 1 atom stereocenters. The number of rotatable bonds is 5. The molecule has 0 aliphatic heterocycles. The third kappa shape index (κ3) is 2.90. The number of benzene rings is 1. The van der Waals surface area contributed by atoms with Crippen LogP contribution in [0.3, 0.4) is 0 Å². The topological polar surface area (TPSA) is 66.0 Å². The summed E-state index contributed by atoms with van der Waals surface area (Å²) in [7, 11) is 2.03. The lowest BCUT2D eigenvalue weighted by molar-refractivity contribution is 0.558. The van der Waals surface area contributed by atoms with Gasteiger partial charge in [-0.3, -0.25) is 5.41 Å². The van der Waals surface area contributed by atoms with Gasteiger partial charge in [0.25, 0.3) is 0 Å². The van der Waals surface area contributed by atoms with E-state index in [0.717, 1.165) is 35.2 Å². The van der Waals surface area contributed by atoms with Crippen molar-refractivity contribution in [2.45, 2.75) is 20.3 Å². The maximum absolute atomic E-state index is 7.76. The number of pyridine rings is 1. The first-order valence-corrected chi connectivity index (χ1v) is 6.98. The van der Waals surface area contributed by atoms with Gasteiger partial charge in [-0.1, -0.05) is 38.5 Å². The van der Waals surface area contributed by atoms with Crippen molar-refractivity contribution in [2.24, 2.45) is 11.7 Å². The largest absolute Gasteiger partial charge is 0.384 e. The molecule has 0 radical (unpaired) electrons. The van der Waals surface area contributed by atoms with E-state index in [1.807, 2.05) is 37.4 Å². The first kappa shape index (κ1) is 14.3. The summed E-state index contributed by atoms with van der Waals surface area (Å²) in [4.78, 5) is 6.81. The zero-order valence-corrected chi connectivity index (χ0v) is 12.4. The Kier molecular flexibility index (Phi) is 4.23. The highest BCUT2D eigenvalue weighted by atomic mass is 15.2. The van der Waals surface area contributed by atoms with Crippen LogP contribution in [0.25, 0.3) is 10.9 Å². The summed E-state index contributed by atoms with van der Waals surface area (Å²) in [6.45, 7) is 5.36. The lowest BCUT2D eigenvalue weighted by Crippen LogP contribution is -2.25. The van der Waals surface area contributed by atoms with Crippen molar-refractivity contribution < 1.29 is 0 Å². The zero-order chi connectivity index (χ0) is 14.7. The van der Waals surface area contributed by atoms with Gasteiger partial charge in [-0.25, -0.2) is 4.98 Å². The molecular weight excluding hydrogens is 248 g/mol. The van der Waals surface area contributed by atoms with E-state index >= 15 is 0 Å². The summed E-state index contributed by atoms with van der Waals surface area (Å²) in [5.41, 5.74) is 7.35. The van der Waals surface area contributed by atoms with Crippen LogP contribution >= 0.6 is 0 Å². The fourth-order valence-corrected chi connectivity index (χ4v) is 2.27. The van der Waals surface area contributed by atoms with Gasteiger partial charge in [0.1, 0.15) is 11.7 Å². The van der Waals surface area contributed by atoms with Crippen molar-refractivity contribution in [2.75, 3.05) is 18.5 Å². The average Bonchev–Trinajstić information content (AvgIpc) is 2.45. The van der Waals surface area contributed by atoms with Gasteiger partial charge in [-0.05, 0) is 18.1 Å². The van der Waals surface area contributed by atoms with Gasteiger partial charge in [0.15, 0.2) is 0 Å². The molecule has 2 rings (SSSR count). The van der Waals surface area contributed by atoms with Crippen LogP contribution < -0.4 is 10.6 Å². The first-order valence-electron chi connectivity index (χ1n) is 6.98. The van der Waals surface area contributed by atoms with Crippen LogP contribution in [0.15, 0.2) is 30.3 Å². The first-order chi connectivity index (χ1) is 9.52. The molecule has 0 aliphatic carbocycles. The van der Waals surface area contributed by atoms with Crippen LogP contribution in [0.2, 0.25) is 0 Å². The summed E-state index contributed by atoms with van der Waals surface area (Å²) in [5, 5.41) is 8.70. The van der Waals surface area contributed by atoms with E-state index in [2.05, 4.69) is 23.7 Å². The summed E-state index contributed by atoms with van der Waals surface area (Å²) in [6, 6.07) is 9.73. The SMILES string of the molecule is CCC(C)CN(C)c1cc(C(=N)N)c2ccccc2n1. The fraction of sp³-hybridized carbons (Fsp3) is 0.375. The highest BCUT2D eigenvalue weighted by Gasteiger charge is 2.12. The van der Waals surface area contributed by atoms with Gasteiger partial charge >= 0.3 is 0 Å². The van der Waals surface area contributed by atoms with Crippen LogP contribution in [0.5, 0.6) is 0 Å². The normalized spacial score (nSPS) is 12.3. The van der Waals surface area contributed by atoms with Crippen LogP contribution in [0.1, 0.15) is 25.8 Å². The van der Waals surface area contributed by atoms with Crippen molar-refractivity contribution in [1.82, 2.24) is 4.98 Å². The van der Waals surface area contributed by atoms with Crippen LogP contribution in [0.4, 0.5) is 5.82 Å². The quantitative estimate of drug-likeness (QED) is 0.648. The second kappa shape index (κ2) is 5.90. The number of aromatic nitrogens is 1. The number of fused-ring (bicyclic) bond motifs is 1. The molecule has 0 saturated carbocycles. The highest BCUT2D eigenvalue weighted by Crippen LogP contribution is 2.22. The van der Waals surface area contributed by atoms with Crippen molar-refractivity contribution >= 4 is 22.6 Å². The predicted molar refractivity (Wildman–Crippen MR) is 85.5 cm³/mol. The molecule has 3 N–H and O–H groups in total. The molecule has 2 aromatic rings. The second-order valence-corrected chi connectivity index (χ2v) is 5.35. The van der Waals surface area contributed by atoms with Gasteiger partial charge in [0, 0.05) is 24.5 Å². The van der Waals surface area contributed by atoms with E-state index in [0.29, 0.717) is 5.92 Å². The average molecular weight is 270 g/mol. The monoisotopic (exact) mass is 270 g/mol. The Morgan fingerprint density at radius 2 is 2.10 bits per heavy atom. The zero-order valence-electron chi connectivity index (χ0n) is 12.4. The Hall–Kier alpha value is -2.10. The van der Waals surface area contributed by atoms with E-state index in [1.54, 1.807) is 0 Å². The fourth-order valence-electron chi connectivity index (χ4n) is 2.27. The van der Waals surface area contributed by atoms with Crippen LogP contribution in [0, 0.1) is 11.3 Å². The number of nitrogen functional groups attached to an aromatic ring is 1. The van der Waals surface area contributed by atoms with E-state index < -0.39 is 0 Å². The Morgan fingerprint density at radius 1 is 1.40 bits per heavy atom. The Bertz CT molecular complexity index is 621. The minimum absolute atomic E-state index is 0.0850. The van der Waals surface area contributed by atoms with Gasteiger partial charge < -0.3 is 10.6 Å². The van der Waals surface area contributed by atoms with Crippen molar-refractivity contribution in [3.05, 3.63) is 35.9 Å². The van der Waals surface area contributed by atoms with Crippen molar-refractivity contribution in [3.8, 4) is 0 Å². The standard InChI is InChI=1S/C16H22N4/c1-4-11(2)10-20(3)15-9-13(16(17)18)12-7-5-6-8-14(12)19-15/h5-9,11H,4,10H2,1-3H3,(H3,17,18). The smallest absolute Gasteiger partial charge is 0.129 e. The molecule has 0 spiro atoms. The third-order valence-electron chi connectivity index (χ3n) is 3.67. The Morgan fingerprint density at radius 3 is 2.75 bits per heavy atom. The molecule has 106 valence electrons. The second-order valence-electron chi connectivity index (χ2n) is 5.35. The number of nitrogens with one attached hydrogen (secondary N) is 1. The maximum Gasteiger partial charge on any atom is 0.129 e. The molecule has 4 heteroatoms. The molecule has 4 nitrogen and oxygen atoms in total. The number of nitrogens with zero attached hydrogens (tertiary/aromatic N) is 2. The molecule has 1 unspecified atom stereocenters. The summed E-state index contributed by atoms with van der Waals surface area (Å²) in [5.74, 6) is 1.56. The van der Waals surface area contributed by atoms with Gasteiger partial charge in [0.2, 0.25) is 0 Å². The number of para-hydroxylation sites is 1. The molecule has 0 saturated heterocycles. The molecule has 0 amide bonds. The maximum atomic E-state index is 7.76. The minimum atomic E-state index is 0.0850. The number of amidine groups is 1. The van der Waals surface area contributed by atoms with Gasteiger partial charge in [-0.2, -0.15) is 0 Å². The molecule has 1 heterocycles.